The Morgan fingerprint density at radius 3 is 2.58 bits per heavy atom. The van der Waals surface area contributed by atoms with Crippen molar-refractivity contribution in [2.45, 2.75) is 49.8 Å². The van der Waals surface area contributed by atoms with Gasteiger partial charge < -0.3 is 11.1 Å². The Labute approximate surface area is 118 Å². The van der Waals surface area contributed by atoms with Gasteiger partial charge in [0.15, 0.2) is 0 Å². The van der Waals surface area contributed by atoms with Gasteiger partial charge in [-0.1, -0.05) is 13.8 Å². The van der Waals surface area contributed by atoms with Gasteiger partial charge in [-0.15, -0.1) is 11.8 Å². The van der Waals surface area contributed by atoms with Gasteiger partial charge in [0.2, 0.25) is 5.91 Å². The second-order valence-corrected chi connectivity index (χ2v) is 5.85. The predicted molar refractivity (Wildman–Crippen MR) is 78.6 cm³/mol. The highest BCUT2D eigenvalue weighted by Gasteiger charge is 2.18. The van der Waals surface area contributed by atoms with Crippen LogP contribution in [0, 0.1) is 5.82 Å². The molecule has 106 valence electrons. The molecule has 0 saturated carbocycles. The first-order valence-electron chi connectivity index (χ1n) is 6.50. The summed E-state index contributed by atoms with van der Waals surface area (Å²) < 4.78 is 13.6. The summed E-state index contributed by atoms with van der Waals surface area (Å²) in [6.07, 6.45) is 1.80. The SMILES string of the molecule is CCC(CC)NC(=O)C(C)Sc1ccc(N)cc1F. The van der Waals surface area contributed by atoms with Crippen molar-refractivity contribution in [3.8, 4) is 0 Å². The van der Waals surface area contributed by atoms with E-state index in [1.54, 1.807) is 19.1 Å². The third-order valence-corrected chi connectivity index (χ3v) is 4.11. The number of amides is 1. The molecule has 19 heavy (non-hydrogen) atoms. The van der Waals surface area contributed by atoms with E-state index in [0.717, 1.165) is 12.8 Å². The smallest absolute Gasteiger partial charge is 0.233 e. The number of hydrogen-bond donors (Lipinski definition) is 2. The highest BCUT2D eigenvalue weighted by Crippen LogP contribution is 2.27. The molecule has 0 saturated heterocycles. The van der Waals surface area contributed by atoms with Crippen LogP contribution in [0.4, 0.5) is 10.1 Å². The molecule has 0 aliphatic carbocycles. The van der Waals surface area contributed by atoms with Gasteiger partial charge in [0, 0.05) is 16.6 Å². The van der Waals surface area contributed by atoms with Crippen molar-refractivity contribution in [1.82, 2.24) is 5.32 Å². The summed E-state index contributed by atoms with van der Waals surface area (Å²) in [7, 11) is 0. The Kier molecular flexibility index (Phi) is 6.15. The van der Waals surface area contributed by atoms with E-state index in [2.05, 4.69) is 5.32 Å². The molecule has 0 radical (unpaired) electrons. The number of anilines is 1. The Morgan fingerprint density at radius 2 is 2.05 bits per heavy atom. The summed E-state index contributed by atoms with van der Waals surface area (Å²) in [4.78, 5) is 12.4. The fourth-order valence-electron chi connectivity index (χ4n) is 1.67. The lowest BCUT2D eigenvalue weighted by atomic mass is 10.2. The van der Waals surface area contributed by atoms with E-state index in [1.807, 2.05) is 13.8 Å². The number of hydrogen-bond acceptors (Lipinski definition) is 3. The fourth-order valence-corrected chi connectivity index (χ4v) is 2.54. The maximum atomic E-state index is 13.6. The zero-order chi connectivity index (χ0) is 14.4. The first-order chi connectivity index (χ1) is 8.97. The molecule has 0 spiro atoms. The first kappa shape index (κ1) is 15.8. The van der Waals surface area contributed by atoms with Crippen molar-refractivity contribution in [3.63, 3.8) is 0 Å². The molecular formula is C14H21FN2OS. The van der Waals surface area contributed by atoms with Gasteiger partial charge in [0.25, 0.3) is 0 Å². The molecule has 0 fully saturated rings. The van der Waals surface area contributed by atoms with Crippen molar-refractivity contribution in [2.24, 2.45) is 0 Å². The lowest BCUT2D eigenvalue weighted by Gasteiger charge is -2.18. The molecule has 0 bridgehead atoms. The van der Waals surface area contributed by atoms with Crippen LogP contribution in [0.25, 0.3) is 0 Å². The monoisotopic (exact) mass is 284 g/mol. The Hall–Kier alpha value is -1.23. The third-order valence-electron chi connectivity index (χ3n) is 2.96. The molecule has 0 aliphatic rings. The molecule has 5 heteroatoms. The van der Waals surface area contributed by atoms with E-state index >= 15 is 0 Å². The number of nitrogens with one attached hydrogen (secondary N) is 1. The van der Waals surface area contributed by atoms with Crippen molar-refractivity contribution in [1.29, 1.82) is 0 Å². The summed E-state index contributed by atoms with van der Waals surface area (Å²) in [6, 6.07) is 4.70. The summed E-state index contributed by atoms with van der Waals surface area (Å²) in [5.41, 5.74) is 5.88. The minimum absolute atomic E-state index is 0.0603. The molecule has 0 aliphatic heterocycles. The molecule has 0 heterocycles. The second-order valence-electron chi connectivity index (χ2n) is 4.47. The van der Waals surface area contributed by atoms with Gasteiger partial charge in [-0.25, -0.2) is 4.39 Å². The van der Waals surface area contributed by atoms with Crippen molar-refractivity contribution >= 4 is 23.4 Å². The van der Waals surface area contributed by atoms with Crippen LogP contribution in [-0.2, 0) is 4.79 Å². The van der Waals surface area contributed by atoms with E-state index in [1.165, 1.54) is 17.8 Å². The fraction of sp³-hybridized carbons (Fsp3) is 0.500. The molecular weight excluding hydrogens is 263 g/mol. The van der Waals surface area contributed by atoms with E-state index in [9.17, 15) is 9.18 Å². The van der Waals surface area contributed by atoms with Gasteiger partial charge in [-0.05, 0) is 38.0 Å². The van der Waals surface area contributed by atoms with E-state index in [4.69, 9.17) is 5.73 Å². The van der Waals surface area contributed by atoms with Crippen LogP contribution in [-0.4, -0.2) is 17.2 Å². The number of carbonyl (C=O) groups excluding carboxylic acids is 1. The van der Waals surface area contributed by atoms with Crippen molar-refractivity contribution in [3.05, 3.63) is 24.0 Å². The van der Waals surface area contributed by atoms with Crippen LogP contribution in [0.5, 0.6) is 0 Å². The molecule has 1 aromatic rings. The number of carbonyl (C=O) groups is 1. The standard InChI is InChI=1S/C14H21FN2OS/c1-4-11(5-2)17-14(18)9(3)19-13-7-6-10(16)8-12(13)15/h6-9,11H,4-5,16H2,1-3H3,(H,17,18). The minimum atomic E-state index is -0.382. The maximum absolute atomic E-state index is 13.6. The Bertz CT molecular complexity index is 435. The highest BCUT2D eigenvalue weighted by molar-refractivity contribution is 8.00. The van der Waals surface area contributed by atoms with E-state index in [-0.39, 0.29) is 23.0 Å². The average molecular weight is 284 g/mol. The van der Waals surface area contributed by atoms with E-state index in [0.29, 0.717) is 10.6 Å². The maximum Gasteiger partial charge on any atom is 0.233 e. The summed E-state index contributed by atoms with van der Waals surface area (Å²) in [5.74, 6) is -0.442. The number of thioether (sulfide) groups is 1. The second kappa shape index (κ2) is 7.38. The largest absolute Gasteiger partial charge is 0.399 e. The molecule has 1 amide bonds. The van der Waals surface area contributed by atoms with Crippen LogP contribution >= 0.6 is 11.8 Å². The highest BCUT2D eigenvalue weighted by atomic mass is 32.2. The first-order valence-corrected chi connectivity index (χ1v) is 7.37. The number of benzene rings is 1. The predicted octanol–water partition coefficient (Wildman–Crippen LogP) is 3.19. The quantitative estimate of drug-likeness (QED) is 0.623. The van der Waals surface area contributed by atoms with Crippen LogP contribution in [0.2, 0.25) is 0 Å². The molecule has 0 aromatic heterocycles. The topological polar surface area (TPSA) is 55.1 Å². The van der Waals surface area contributed by atoms with E-state index < -0.39 is 0 Å². The Balaban J connectivity index is 2.63. The summed E-state index contributed by atoms with van der Waals surface area (Å²) in [5, 5.41) is 2.63. The molecule has 3 nitrogen and oxygen atoms in total. The normalized spacial score (nSPS) is 12.5. The van der Waals surface area contributed by atoms with Crippen molar-refractivity contribution < 1.29 is 9.18 Å². The van der Waals surface area contributed by atoms with Gasteiger partial charge in [-0.3, -0.25) is 4.79 Å². The zero-order valence-corrected chi connectivity index (χ0v) is 12.4. The van der Waals surface area contributed by atoms with Crippen LogP contribution in [0.15, 0.2) is 23.1 Å². The molecule has 1 aromatic carbocycles. The lowest BCUT2D eigenvalue weighted by Crippen LogP contribution is -2.38. The lowest BCUT2D eigenvalue weighted by molar-refractivity contribution is -0.121. The Morgan fingerprint density at radius 1 is 1.42 bits per heavy atom. The zero-order valence-electron chi connectivity index (χ0n) is 11.6. The number of halogens is 1. The molecule has 3 N–H and O–H groups in total. The molecule has 1 rings (SSSR count). The third kappa shape index (κ3) is 4.74. The number of nitrogens with two attached hydrogens (primary N) is 1. The van der Waals surface area contributed by atoms with Crippen LogP contribution in [0.1, 0.15) is 33.6 Å². The molecule has 1 atom stereocenters. The minimum Gasteiger partial charge on any atom is -0.399 e. The number of nitrogen functional groups attached to an aromatic ring is 1. The van der Waals surface area contributed by atoms with Crippen LogP contribution < -0.4 is 11.1 Å². The molecule has 1 unspecified atom stereocenters. The summed E-state index contributed by atoms with van der Waals surface area (Å²) in [6.45, 7) is 5.84. The average Bonchev–Trinajstić information content (AvgIpc) is 2.38. The van der Waals surface area contributed by atoms with Gasteiger partial charge >= 0.3 is 0 Å². The van der Waals surface area contributed by atoms with Crippen LogP contribution in [0.3, 0.4) is 0 Å². The number of rotatable bonds is 6. The van der Waals surface area contributed by atoms with Gasteiger partial charge in [0.05, 0.1) is 5.25 Å². The van der Waals surface area contributed by atoms with Gasteiger partial charge in [-0.2, -0.15) is 0 Å². The van der Waals surface area contributed by atoms with Gasteiger partial charge in [0.1, 0.15) is 5.82 Å². The summed E-state index contributed by atoms with van der Waals surface area (Å²) >= 11 is 1.21. The van der Waals surface area contributed by atoms with Crippen molar-refractivity contribution in [2.75, 3.05) is 5.73 Å².